The van der Waals surface area contributed by atoms with Crippen molar-refractivity contribution in [1.29, 1.82) is 0 Å². The number of halogens is 1. The fraction of sp³-hybridized carbons (Fsp3) is 0.250. The molecular weight excluding hydrogens is 427 g/mol. The van der Waals surface area contributed by atoms with Crippen molar-refractivity contribution in [1.82, 2.24) is 14.7 Å². The number of rotatable bonds is 8. The molecule has 1 amide bonds. The molecule has 2 heterocycles. The van der Waals surface area contributed by atoms with Gasteiger partial charge in [-0.25, -0.2) is 9.37 Å². The maximum atomic E-state index is 13.3. The van der Waals surface area contributed by atoms with E-state index in [0.717, 1.165) is 12.2 Å². The van der Waals surface area contributed by atoms with Crippen molar-refractivity contribution in [3.63, 3.8) is 0 Å². The average Bonchev–Trinajstić information content (AvgIpc) is 3.25. The lowest BCUT2D eigenvalue weighted by atomic mass is 10.1. The second-order valence-corrected chi connectivity index (χ2v) is 7.37. The van der Waals surface area contributed by atoms with Crippen molar-refractivity contribution in [3.05, 3.63) is 71.0 Å². The van der Waals surface area contributed by atoms with Crippen LogP contribution in [-0.4, -0.2) is 33.8 Å². The minimum absolute atomic E-state index is 0.0555. The molecule has 33 heavy (non-hydrogen) atoms. The first-order valence-electron chi connectivity index (χ1n) is 10.7. The van der Waals surface area contributed by atoms with Gasteiger partial charge in [0.25, 0.3) is 11.3 Å². The van der Waals surface area contributed by atoms with Crippen molar-refractivity contribution in [3.8, 4) is 17.0 Å². The van der Waals surface area contributed by atoms with E-state index < -0.39 is 11.4 Å². The van der Waals surface area contributed by atoms with Crippen molar-refractivity contribution >= 4 is 22.7 Å². The summed E-state index contributed by atoms with van der Waals surface area (Å²) in [7, 11) is 0. The Kier molecular flexibility index (Phi) is 6.48. The molecule has 0 aliphatic rings. The fourth-order valence-electron chi connectivity index (χ4n) is 3.54. The number of amides is 1. The van der Waals surface area contributed by atoms with Crippen LogP contribution < -0.4 is 15.2 Å². The number of hydrogen-bond acceptors (Lipinski definition) is 6. The van der Waals surface area contributed by atoms with Gasteiger partial charge in [-0.3, -0.25) is 14.2 Å². The van der Waals surface area contributed by atoms with Crippen LogP contribution in [0.3, 0.4) is 0 Å². The Bertz CT molecular complexity index is 1310. The van der Waals surface area contributed by atoms with E-state index in [1.165, 1.54) is 35.2 Å². The largest absolute Gasteiger partial charge is 0.494 e. The standard InChI is InChI=1S/C24H23FN4O4/c1-3-13-29(18-9-11-19(12-10-18)32-4-2)20(30)14-28-15-26-23-21(24(28)31)22(27-33-23)16-5-7-17(25)8-6-16/h5-12,15H,3-4,13-14H2,1-2H3. The summed E-state index contributed by atoms with van der Waals surface area (Å²) in [4.78, 5) is 32.1. The third-order valence-corrected chi connectivity index (χ3v) is 5.09. The zero-order chi connectivity index (χ0) is 23.4. The number of nitrogens with zero attached hydrogens (tertiary/aromatic N) is 4. The first-order chi connectivity index (χ1) is 16.0. The maximum Gasteiger partial charge on any atom is 0.267 e. The zero-order valence-corrected chi connectivity index (χ0v) is 18.3. The van der Waals surface area contributed by atoms with E-state index >= 15 is 0 Å². The normalized spacial score (nSPS) is 11.0. The van der Waals surface area contributed by atoms with Crippen LogP contribution in [-0.2, 0) is 11.3 Å². The third-order valence-electron chi connectivity index (χ3n) is 5.09. The fourth-order valence-corrected chi connectivity index (χ4v) is 3.54. The third kappa shape index (κ3) is 4.62. The number of anilines is 1. The topological polar surface area (TPSA) is 90.5 Å². The number of benzene rings is 2. The highest BCUT2D eigenvalue weighted by Crippen LogP contribution is 2.25. The molecule has 4 rings (SSSR count). The van der Waals surface area contributed by atoms with E-state index in [4.69, 9.17) is 9.26 Å². The van der Waals surface area contributed by atoms with Gasteiger partial charge in [0, 0.05) is 17.8 Å². The Morgan fingerprint density at radius 1 is 1.12 bits per heavy atom. The van der Waals surface area contributed by atoms with E-state index in [0.29, 0.717) is 24.4 Å². The molecule has 0 spiro atoms. The molecule has 0 radical (unpaired) electrons. The first-order valence-corrected chi connectivity index (χ1v) is 10.7. The molecule has 0 atom stereocenters. The Morgan fingerprint density at radius 2 is 1.85 bits per heavy atom. The lowest BCUT2D eigenvalue weighted by molar-refractivity contribution is -0.119. The number of fused-ring (bicyclic) bond motifs is 1. The number of carbonyl (C=O) groups is 1. The van der Waals surface area contributed by atoms with Gasteiger partial charge in [0.1, 0.15) is 35.5 Å². The van der Waals surface area contributed by atoms with Crippen LogP contribution in [0.1, 0.15) is 20.3 Å². The Morgan fingerprint density at radius 3 is 2.52 bits per heavy atom. The second kappa shape index (κ2) is 9.64. The minimum Gasteiger partial charge on any atom is -0.494 e. The van der Waals surface area contributed by atoms with E-state index in [2.05, 4.69) is 10.1 Å². The summed E-state index contributed by atoms with van der Waals surface area (Å²) in [6, 6.07) is 12.8. The quantitative estimate of drug-likeness (QED) is 0.403. The van der Waals surface area contributed by atoms with E-state index in [9.17, 15) is 14.0 Å². The molecule has 0 saturated heterocycles. The van der Waals surface area contributed by atoms with Crippen LogP contribution in [0.5, 0.6) is 5.75 Å². The Hall–Kier alpha value is -4.01. The molecule has 0 fully saturated rings. The molecule has 9 heteroatoms. The van der Waals surface area contributed by atoms with E-state index in [1.807, 2.05) is 26.0 Å². The molecule has 0 unspecified atom stereocenters. The van der Waals surface area contributed by atoms with Gasteiger partial charge in [-0.15, -0.1) is 0 Å². The van der Waals surface area contributed by atoms with Crippen molar-refractivity contribution < 1.29 is 18.4 Å². The lowest BCUT2D eigenvalue weighted by Gasteiger charge is -2.23. The summed E-state index contributed by atoms with van der Waals surface area (Å²) in [5.41, 5.74) is 1.07. The Labute approximate surface area is 189 Å². The van der Waals surface area contributed by atoms with Gasteiger partial charge in [-0.05, 0) is 61.9 Å². The predicted molar refractivity (Wildman–Crippen MR) is 122 cm³/mol. The van der Waals surface area contributed by atoms with Crippen LogP contribution in [0.4, 0.5) is 10.1 Å². The zero-order valence-electron chi connectivity index (χ0n) is 18.3. The molecule has 0 bridgehead atoms. The van der Waals surface area contributed by atoms with Gasteiger partial charge in [0.05, 0.1) is 6.61 Å². The van der Waals surface area contributed by atoms with Crippen LogP contribution in [0.25, 0.3) is 22.4 Å². The van der Waals surface area contributed by atoms with Gasteiger partial charge >= 0.3 is 0 Å². The maximum absolute atomic E-state index is 13.3. The summed E-state index contributed by atoms with van der Waals surface area (Å²) < 4.78 is 25.2. The summed E-state index contributed by atoms with van der Waals surface area (Å²) in [6.45, 7) is 4.72. The smallest absolute Gasteiger partial charge is 0.267 e. The molecule has 170 valence electrons. The van der Waals surface area contributed by atoms with Crippen LogP contribution in [0.2, 0.25) is 0 Å². The second-order valence-electron chi connectivity index (χ2n) is 7.37. The van der Waals surface area contributed by atoms with Gasteiger partial charge in [-0.2, -0.15) is 0 Å². The van der Waals surface area contributed by atoms with Gasteiger partial charge in [-0.1, -0.05) is 12.1 Å². The van der Waals surface area contributed by atoms with Crippen LogP contribution in [0.15, 0.2) is 64.2 Å². The predicted octanol–water partition coefficient (Wildman–Crippen LogP) is 4.03. The lowest BCUT2D eigenvalue weighted by Crippen LogP contribution is -2.37. The first kappa shape index (κ1) is 22.2. The average molecular weight is 450 g/mol. The SMILES string of the molecule is CCCN(C(=O)Cn1cnc2onc(-c3ccc(F)cc3)c2c1=O)c1ccc(OCC)cc1. The summed E-state index contributed by atoms with van der Waals surface area (Å²) in [5, 5.41) is 4.07. The van der Waals surface area contributed by atoms with Crippen molar-refractivity contribution in [2.45, 2.75) is 26.8 Å². The summed E-state index contributed by atoms with van der Waals surface area (Å²) in [5.74, 6) is 0.0545. The molecule has 0 saturated carbocycles. The van der Waals surface area contributed by atoms with Crippen LogP contribution in [0, 0.1) is 5.82 Å². The monoisotopic (exact) mass is 450 g/mol. The number of hydrogen-bond donors (Lipinski definition) is 0. The molecule has 4 aromatic rings. The van der Waals surface area contributed by atoms with Gasteiger partial charge in [0.2, 0.25) is 5.91 Å². The number of carbonyl (C=O) groups excluding carboxylic acids is 1. The molecule has 0 aliphatic carbocycles. The highest BCUT2D eigenvalue weighted by molar-refractivity contribution is 5.94. The molecule has 2 aromatic carbocycles. The van der Waals surface area contributed by atoms with Gasteiger partial charge < -0.3 is 14.2 Å². The molecule has 0 aliphatic heterocycles. The molecular formula is C24H23FN4O4. The number of ether oxygens (including phenoxy) is 1. The highest BCUT2D eigenvalue weighted by atomic mass is 19.1. The summed E-state index contributed by atoms with van der Waals surface area (Å²) >= 11 is 0. The summed E-state index contributed by atoms with van der Waals surface area (Å²) in [6.07, 6.45) is 2.01. The molecule has 8 nitrogen and oxygen atoms in total. The number of aromatic nitrogens is 3. The van der Waals surface area contributed by atoms with Crippen molar-refractivity contribution in [2.75, 3.05) is 18.1 Å². The van der Waals surface area contributed by atoms with E-state index in [-0.39, 0.29) is 29.2 Å². The minimum atomic E-state index is -0.461. The van der Waals surface area contributed by atoms with E-state index in [1.54, 1.807) is 17.0 Å². The van der Waals surface area contributed by atoms with Crippen LogP contribution >= 0.6 is 0 Å². The van der Waals surface area contributed by atoms with Crippen molar-refractivity contribution in [2.24, 2.45) is 0 Å². The van der Waals surface area contributed by atoms with Gasteiger partial charge in [0.15, 0.2) is 0 Å². The molecule has 0 N–H and O–H groups in total. The highest BCUT2D eigenvalue weighted by Gasteiger charge is 2.20. The molecule has 2 aromatic heterocycles. The Balaban J connectivity index is 1.65.